The van der Waals surface area contributed by atoms with E-state index < -0.39 is 0 Å². The molecule has 1 amide bonds. The van der Waals surface area contributed by atoms with Gasteiger partial charge in [0.05, 0.1) is 23.5 Å². The number of nitrogens with two attached hydrogens (primary N) is 1. The summed E-state index contributed by atoms with van der Waals surface area (Å²) in [5.41, 5.74) is 9.35. The lowest BCUT2D eigenvalue weighted by molar-refractivity contribution is -0.131. The van der Waals surface area contributed by atoms with Crippen LogP contribution in [0.15, 0.2) is 47.3 Å². The maximum atomic E-state index is 12.9. The number of aromatic amines is 1. The van der Waals surface area contributed by atoms with Crippen molar-refractivity contribution >= 4 is 22.5 Å². The van der Waals surface area contributed by atoms with Gasteiger partial charge in [-0.05, 0) is 62.1 Å². The molecule has 2 heterocycles. The Morgan fingerprint density at radius 3 is 2.94 bits per heavy atom. The molecule has 31 heavy (non-hydrogen) atoms. The van der Waals surface area contributed by atoms with Crippen LogP contribution in [-0.2, 0) is 17.6 Å². The number of anilines is 1. The van der Waals surface area contributed by atoms with E-state index in [0.717, 1.165) is 31.5 Å². The number of carbonyl (C=O) groups is 1. The molecule has 0 spiro atoms. The van der Waals surface area contributed by atoms with Crippen LogP contribution in [0.3, 0.4) is 0 Å². The molecular weight excluding hydrogens is 390 g/mol. The fourth-order valence-corrected chi connectivity index (χ4v) is 4.24. The summed E-state index contributed by atoms with van der Waals surface area (Å²) in [7, 11) is 0. The van der Waals surface area contributed by atoms with Crippen molar-refractivity contribution in [3.63, 3.8) is 0 Å². The summed E-state index contributed by atoms with van der Waals surface area (Å²) in [4.78, 5) is 34.6. The summed E-state index contributed by atoms with van der Waals surface area (Å²) < 4.78 is 0. The number of fused-ring (bicyclic) bond motifs is 2. The SMILES string of the molecule is CC1c2ccccc2CCN1C(=O)CNc1ccc2c(=O)[nH]c(CCCCN)nc2c1. The van der Waals surface area contributed by atoms with Crippen molar-refractivity contribution in [2.24, 2.45) is 5.73 Å². The molecule has 1 aromatic heterocycles. The minimum atomic E-state index is -0.142. The predicted octanol–water partition coefficient (Wildman–Crippen LogP) is 2.76. The molecule has 0 saturated carbocycles. The fourth-order valence-electron chi connectivity index (χ4n) is 4.24. The number of carbonyl (C=O) groups excluding carboxylic acids is 1. The zero-order valence-corrected chi connectivity index (χ0v) is 17.9. The van der Waals surface area contributed by atoms with Crippen molar-refractivity contribution < 1.29 is 4.79 Å². The highest BCUT2D eigenvalue weighted by Crippen LogP contribution is 2.29. The lowest BCUT2D eigenvalue weighted by Gasteiger charge is -2.35. The van der Waals surface area contributed by atoms with E-state index in [1.807, 2.05) is 29.2 Å². The van der Waals surface area contributed by atoms with Crippen molar-refractivity contribution in [1.82, 2.24) is 14.9 Å². The zero-order valence-electron chi connectivity index (χ0n) is 17.9. The molecule has 2 aromatic carbocycles. The number of rotatable bonds is 7. The van der Waals surface area contributed by atoms with Gasteiger partial charge in [-0.1, -0.05) is 24.3 Å². The average molecular weight is 420 g/mol. The largest absolute Gasteiger partial charge is 0.376 e. The van der Waals surface area contributed by atoms with Gasteiger partial charge in [0.15, 0.2) is 0 Å². The Morgan fingerprint density at radius 2 is 2.10 bits per heavy atom. The number of hydrogen-bond donors (Lipinski definition) is 3. The summed E-state index contributed by atoms with van der Waals surface area (Å²) in [5.74, 6) is 0.725. The van der Waals surface area contributed by atoms with Crippen LogP contribution in [0.4, 0.5) is 5.69 Å². The molecule has 4 rings (SSSR count). The van der Waals surface area contributed by atoms with Crippen LogP contribution < -0.4 is 16.6 Å². The second kappa shape index (κ2) is 9.31. The first-order valence-corrected chi connectivity index (χ1v) is 10.9. The Labute approximate surface area is 181 Å². The summed E-state index contributed by atoms with van der Waals surface area (Å²) in [5, 5.41) is 3.75. The maximum Gasteiger partial charge on any atom is 0.258 e. The summed E-state index contributed by atoms with van der Waals surface area (Å²) in [6.45, 7) is 3.62. The van der Waals surface area contributed by atoms with E-state index in [4.69, 9.17) is 5.73 Å². The number of nitrogens with zero attached hydrogens (tertiary/aromatic N) is 2. The molecule has 0 radical (unpaired) electrons. The standard InChI is InChI=1S/C24H29N5O2/c1-16-19-7-3-2-6-17(19)11-13-29(16)23(30)15-26-18-9-10-20-21(14-18)27-22(28-24(20)31)8-4-5-12-25/h2-3,6-7,9-10,14,16,26H,4-5,8,11-13,15,25H2,1H3,(H,27,28,31). The van der Waals surface area contributed by atoms with E-state index in [-0.39, 0.29) is 24.1 Å². The molecule has 4 N–H and O–H groups in total. The van der Waals surface area contributed by atoms with E-state index in [1.165, 1.54) is 11.1 Å². The predicted molar refractivity (Wildman–Crippen MR) is 123 cm³/mol. The highest BCUT2D eigenvalue weighted by molar-refractivity contribution is 5.84. The first kappa shape index (κ1) is 21.1. The molecule has 7 heteroatoms. The number of hydrogen-bond acceptors (Lipinski definition) is 5. The summed E-state index contributed by atoms with van der Waals surface area (Å²) in [6, 6.07) is 13.8. The van der Waals surface area contributed by atoms with Gasteiger partial charge >= 0.3 is 0 Å². The molecule has 1 unspecified atom stereocenters. The Balaban J connectivity index is 1.45. The van der Waals surface area contributed by atoms with Crippen molar-refractivity contribution in [3.05, 3.63) is 69.8 Å². The van der Waals surface area contributed by atoms with Gasteiger partial charge in [0.2, 0.25) is 5.91 Å². The van der Waals surface area contributed by atoms with E-state index >= 15 is 0 Å². The molecule has 1 atom stereocenters. The number of nitrogens with one attached hydrogen (secondary N) is 2. The highest BCUT2D eigenvalue weighted by atomic mass is 16.2. The van der Waals surface area contributed by atoms with Crippen LogP contribution in [0.1, 0.15) is 42.8 Å². The van der Waals surface area contributed by atoms with Crippen LogP contribution in [0.5, 0.6) is 0 Å². The van der Waals surface area contributed by atoms with E-state index in [9.17, 15) is 9.59 Å². The van der Waals surface area contributed by atoms with E-state index in [1.54, 1.807) is 6.07 Å². The van der Waals surface area contributed by atoms with Crippen molar-refractivity contribution in [1.29, 1.82) is 0 Å². The number of amides is 1. The topological polar surface area (TPSA) is 104 Å². The van der Waals surface area contributed by atoms with Gasteiger partial charge in [0, 0.05) is 18.7 Å². The van der Waals surface area contributed by atoms with Gasteiger partial charge in [-0.3, -0.25) is 9.59 Å². The third kappa shape index (κ3) is 4.61. The number of aryl methyl sites for hydroxylation is 1. The molecule has 1 aliphatic heterocycles. The third-order valence-electron chi connectivity index (χ3n) is 5.98. The first-order chi connectivity index (χ1) is 15.1. The molecule has 0 aliphatic carbocycles. The van der Waals surface area contributed by atoms with Crippen LogP contribution in [0.2, 0.25) is 0 Å². The Kier molecular flexibility index (Phi) is 6.32. The first-order valence-electron chi connectivity index (χ1n) is 10.9. The average Bonchev–Trinajstić information content (AvgIpc) is 2.78. The Bertz CT molecular complexity index is 1140. The summed E-state index contributed by atoms with van der Waals surface area (Å²) in [6.07, 6.45) is 3.34. The second-order valence-electron chi connectivity index (χ2n) is 8.06. The number of H-pyrrole nitrogens is 1. The maximum absolute atomic E-state index is 12.9. The lowest BCUT2D eigenvalue weighted by atomic mass is 9.93. The molecule has 0 fully saturated rings. The lowest BCUT2D eigenvalue weighted by Crippen LogP contribution is -2.41. The van der Waals surface area contributed by atoms with Gasteiger partial charge in [0.25, 0.3) is 5.56 Å². The highest BCUT2D eigenvalue weighted by Gasteiger charge is 2.26. The quantitative estimate of drug-likeness (QED) is 0.511. The van der Waals surface area contributed by atoms with Crippen molar-refractivity contribution in [2.75, 3.05) is 25.0 Å². The van der Waals surface area contributed by atoms with Gasteiger partial charge in [-0.15, -0.1) is 0 Å². The van der Waals surface area contributed by atoms with Crippen molar-refractivity contribution in [3.8, 4) is 0 Å². The van der Waals surface area contributed by atoms with Gasteiger partial charge < -0.3 is 20.9 Å². The normalized spacial score (nSPS) is 15.7. The Hall–Kier alpha value is -3.19. The number of benzene rings is 2. The zero-order chi connectivity index (χ0) is 21.8. The van der Waals surface area contributed by atoms with E-state index in [2.05, 4.69) is 34.3 Å². The molecule has 0 bridgehead atoms. The molecular formula is C24H29N5O2. The molecule has 0 saturated heterocycles. The van der Waals surface area contributed by atoms with Gasteiger partial charge in [-0.25, -0.2) is 4.98 Å². The van der Waals surface area contributed by atoms with Gasteiger partial charge in [0.1, 0.15) is 5.82 Å². The fraction of sp³-hybridized carbons (Fsp3) is 0.375. The van der Waals surface area contributed by atoms with Crippen LogP contribution in [0.25, 0.3) is 10.9 Å². The smallest absolute Gasteiger partial charge is 0.258 e. The van der Waals surface area contributed by atoms with Crippen LogP contribution in [-0.4, -0.2) is 40.4 Å². The van der Waals surface area contributed by atoms with Crippen molar-refractivity contribution in [2.45, 2.75) is 38.6 Å². The van der Waals surface area contributed by atoms with Gasteiger partial charge in [-0.2, -0.15) is 0 Å². The van der Waals surface area contributed by atoms with E-state index in [0.29, 0.717) is 29.7 Å². The molecule has 3 aromatic rings. The molecule has 7 nitrogen and oxygen atoms in total. The van der Waals surface area contributed by atoms with Crippen LogP contribution >= 0.6 is 0 Å². The molecule has 162 valence electrons. The minimum absolute atomic E-state index is 0.0587. The van der Waals surface area contributed by atoms with Crippen LogP contribution in [0, 0.1) is 0 Å². The number of aromatic nitrogens is 2. The molecule has 1 aliphatic rings. The minimum Gasteiger partial charge on any atom is -0.376 e. The second-order valence-corrected chi connectivity index (χ2v) is 8.06. The third-order valence-corrected chi connectivity index (χ3v) is 5.98. The summed E-state index contributed by atoms with van der Waals surface area (Å²) >= 11 is 0. The number of unbranched alkanes of at least 4 members (excludes halogenated alkanes) is 1. The Morgan fingerprint density at radius 1 is 1.26 bits per heavy atom. The monoisotopic (exact) mass is 419 g/mol.